The molecule has 1 unspecified atom stereocenters. The molecule has 1 atom stereocenters. The maximum Gasteiger partial charge on any atom is 0.330 e. The van der Waals surface area contributed by atoms with Gasteiger partial charge in [-0.3, -0.25) is 0 Å². The fourth-order valence-corrected chi connectivity index (χ4v) is 2.65. The van der Waals surface area contributed by atoms with Crippen molar-refractivity contribution < 1.29 is 31.6 Å². The molecule has 1 aromatic heterocycles. The smallest absolute Gasteiger partial charge is 0.330 e. The Morgan fingerprint density at radius 1 is 1.32 bits per heavy atom. The maximum atomic E-state index is 12.8. The molecule has 0 fully saturated rings. The Kier molecular flexibility index (Phi) is 7.00. The van der Waals surface area contributed by atoms with Crippen LogP contribution in [-0.2, 0) is 11.3 Å². The third-order valence-corrected chi connectivity index (χ3v) is 3.94. The number of rotatable bonds is 8. The van der Waals surface area contributed by atoms with E-state index in [0.717, 1.165) is 5.56 Å². The molecule has 0 aliphatic rings. The molecule has 0 aliphatic heterocycles. The first-order chi connectivity index (χ1) is 13.1. The first-order valence-corrected chi connectivity index (χ1v) is 8.43. The molecule has 0 spiro atoms. The largest absolute Gasteiger partial charge is 0.370 e. The molecule has 1 aromatic carbocycles. The summed E-state index contributed by atoms with van der Waals surface area (Å²) in [7, 11) is 0. The number of urea groups is 1. The van der Waals surface area contributed by atoms with Crippen LogP contribution in [-0.4, -0.2) is 30.1 Å². The van der Waals surface area contributed by atoms with Gasteiger partial charge < -0.3 is 19.9 Å². The summed E-state index contributed by atoms with van der Waals surface area (Å²) in [5, 5.41) is 9.19. The van der Waals surface area contributed by atoms with Crippen LogP contribution >= 0.6 is 0 Å². The van der Waals surface area contributed by atoms with Crippen LogP contribution in [0.4, 0.5) is 28.0 Å². The zero-order valence-corrected chi connectivity index (χ0v) is 15.6. The lowest BCUT2D eigenvalue weighted by Crippen LogP contribution is -2.32. The van der Waals surface area contributed by atoms with Crippen LogP contribution in [0.1, 0.15) is 35.5 Å². The Balaban J connectivity index is 1.90. The summed E-state index contributed by atoms with van der Waals surface area (Å²) >= 11 is 0. The Labute approximate surface area is 159 Å². The predicted molar refractivity (Wildman–Crippen MR) is 93.6 cm³/mol. The van der Waals surface area contributed by atoms with E-state index in [0.29, 0.717) is 22.7 Å². The Morgan fingerprint density at radius 3 is 2.64 bits per heavy atom. The van der Waals surface area contributed by atoms with E-state index in [-0.39, 0.29) is 12.6 Å². The highest BCUT2D eigenvalue weighted by Crippen LogP contribution is 2.24. The number of hydrogen-bond donors (Lipinski definition) is 2. The minimum absolute atomic E-state index is 0.297. The van der Waals surface area contributed by atoms with E-state index in [4.69, 9.17) is 4.52 Å². The number of hydrogen-bond acceptors (Lipinski definition) is 4. The second-order valence-corrected chi connectivity index (χ2v) is 6.31. The number of anilines is 1. The number of halogens is 4. The van der Waals surface area contributed by atoms with Gasteiger partial charge in [-0.2, -0.15) is 8.78 Å². The molecule has 2 aromatic rings. The molecular formula is C18H21F4N3O3. The van der Waals surface area contributed by atoms with Gasteiger partial charge in [-0.05, 0) is 38.5 Å². The Morgan fingerprint density at radius 2 is 2.04 bits per heavy atom. The summed E-state index contributed by atoms with van der Waals surface area (Å²) in [4.78, 5) is 12.2. The standard InChI is InChI=1S/C18H21F4N3O3/c1-10(15-11(2)25-28-12(15)3)23-17(26)24-14-6-4-5-13(7-14)8-27-9-18(21,22)16(19)20/h4-7,10,16H,8-9H2,1-3H3,(H2,23,24,26). The highest BCUT2D eigenvalue weighted by molar-refractivity contribution is 5.89. The van der Waals surface area contributed by atoms with Crippen LogP contribution in [0.3, 0.4) is 0 Å². The van der Waals surface area contributed by atoms with Crippen LogP contribution in [0.2, 0.25) is 0 Å². The molecule has 0 saturated carbocycles. The van der Waals surface area contributed by atoms with Crippen LogP contribution in [0, 0.1) is 13.8 Å². The minimum atomic E-state index is -4.20. The number of benzene rings is 1. The van der Waals surface area contributed by atoms with Crippen molar-refractivity contribution in [3.63, 3.8) is 0 Å². The van der Waals surface area contributed by atoms with Crippen LogP contribution < -0.4 is 10.6 Å². The molecule has 28 heavy (non-hydrogen) atoms. The molecule has 0 saturated heterocycles. The fourth-order valence-electron chi connectivity index (χ4n) is 2.65. The number of alkyl halides is 4. The average molecular weight is 403 g/mol. The third-order valence-electron chi connectivity index (χ3n) is 3.94. The minimum Gasteiger partial charge on any atom is -0.370 e. The van der Waals surface area contributed by atoms with Crippen molar-refractivity contribution in [2.75, 3.05) is 11.9 Å². The summed E-state index contributed by atoms with van der Waals surface area (Å²) < 4.78 is 59.6. The molecule has 6 nitrogen and oxygen atoms in total. The van der Waals surface area contributed by atoms with Gasteiger partial charge in [0, 0.05) is 11.3 Å². The molecule has 2 amide bonds. The number of nitrogens with one attached hydrogen (secondary N) is 2. The van der Waals surface area contributed by atoms with Crippen molar-refractivity contribution >= 4 is 11.7 Å². The van der Waals surface area contributed by atoms with Gasteiger partial charge in [0.2, 0.25) is 0 Å². The van der Waals surface area contributed by atoms with Gasteiger partial charge in [-0.25, -0.2) is 13.6 Å². The van der Waals surface area contributed by atoms with Gasteiger partial charge in [-0.1, -0.05) is 17.3 Å². The summed E-state index contributed by atoms with van der Waals surface area (Å²) in [5.74, 6) is -3.60. The van der Waals surface area contributed by atoms with Crippen molar-refractivity contribution in [2.24, 2.45) is 0 Å². The number of ether oxygens (including phenoxy) is 1. The Hall–Kier alpha value is -2.62. The van der Waals surface area contributed by atoms with Crippen LogP contribution in [0.5, 0.6) is 0 Å². The lowest BCUT2D eigenvalue weighted by molar-refractivity contribution is -0.168. The number of carbonyl (C=O) groups is 1. The summed E-state index contributed by atoms with van der Waals surface area (Å²) in [6, 6.07) is 5.40. The van der Waals surface area contributed by atoms with Crippen molar-refractivity contribution in [3.8, 4) is 0 Å². The molecule has 2 N–H and O–H groups in total. The maximum absolute atomic E-state index is 12.8. The van der Waals surface area contributed by atoms with Crippen LogP contribution in [0.25, 0.3) is 0 Å². The normalized spacial score (nSPS) is 12.9. The van der Waals surface area contributed by atoms with E-state index in [1.165, 1.54) is 6.07 Å². The topological polar surface area (TPSA) is 76.4 Å². The van der Waals surface area contributed by atoms with E-state index in [1.54, 1.807) is 39.0 Å². The highest BCUT2D eigenvalue weighted by atomic mass is 19.3. The molecule has 0 bridgehead atoms. The monoisotopic (exact) mass is 403 g/mol. The van der Waals surface area contributed by atoms with E-state index in [1.807, 2.05) is 0 Å². The van der Waals surface area contributed by atoms with Gasteiger partial charge in [0.1, 0.15) is 12.4 Å². The van der Waals surface area contributed by atoms with Crippen molar-refractivity contribution in [2.45, 2.75) is 45.8 Å². The van der Waals surface area contributed by atoms with Gasteiger partial charge >= 0.3 is 18.4 Å². The lowest BCUT2D eigenvalue weighted by atomic mass is 10.1. The van der Waals surface area contributed by atoms with Gasteiger partial charge in [0.15, 0.2) is 0 Å². The Bertz CT molecular complexity index is 792. The van der Waals surface area contributed by atoms with Gasteiger partial charge in [0.25, 0.3) is 0 Å². The van der Waals surface area contributed by atoms with Gasteiger partial charge in [-0.15, -0.1) is 0 Å². The molecule has 10 heteroatoms. The first-order valence-electron chi connectivity index (χ1n) is 8.43. The molecule has 1 heterocycles. The summed E-state index contributed by atoms with van der Waals surface area (Å²) in [6.45, 7) is 3.60. The summed E-state index contributed by atoms with van der Waals surface area (Å²) in [6.07, 6.45) is -3.79. The average Bonchev–Trinajstić information content (AvgIpc) is 2.93. The van der Waals surface area contributed by atoms with Gasteiger partial charge in [0.05, 0.1) is 18.3 Å². The predicted octanol–water partition coefficient (Wildman–Crippen LogP) is 4.59. The number of amides is 2. The van der Waals surface area contributed by atoms with E-state index >= 15 is 0 Å². The molecule has 0 radical (unpaired) electrons. The van der Waals surface area contributed by atoms with Crippen LogP contribution in [0.15, 0.2) is 28.8 Å². The molecule has 2 rings (SSSR count). The molecule has 0 aliphatic carbocycles. The molecule has 154 valence electrons. The van der Waals surface area contributed by atoms with E-state index in [2.05, 4.69) is 20.5 Å². The highest BCUT2D eigenvalue weighted by Gasteiger charge is 2.40. The second-order valence-electron chi connectivity index (χ2n) is 6.31. The van der Waals surface area contributed by atoms with Crippen molar-refractivity contribution in [1.29, 1.82) is 0 Å². The number of carbonyl (C=O) groups excluding carboxylic acids is 1. The van der Waals surface area contributed by atoms with Crippen molar-refractivity contribution in [1.82, 2.24) is 10.5 Å². The van der Waals surface area contributed by atoms with E-state index < -0.39 is 25.0 Å². The number of aryl methyl sites for hydroxylation is 2. The SMILES string of the molecule is Cc1noc(C)c1C(C)NC(=O)Nc1cccc(COCC(F)(F)C(F)F)c1. The summed E-state index contributed by atoms with van der Waals surface area (Å²) in [5.41, 5.74) is 2.29. The quantitative estimate of drug-likeness (QED) is 0.632. The lowest BCUT2D eigenvalue weighted by Gasteiger charge is -2.16. The number of aromatic nitrogens is 1. The second kappa shape index (κ2) is 9.05. The van der Waals surface area contributed by atoms with E-state index in [9.17, 15) is 22.4 Å². The first kappa shape index (κ1) is 21.7. The number of nitrogens with zero attached hydrogens (tertiary/aromatic N) is 1. The molecular weight excluding hydrogens is 382 g/mol. The fraction of sp³-hybridized carbons (Fsp3) is 0.444. The third kappa shape index (κ3) is 5.69. The van der Waals surface area contributed by atoms with Crippen molar-refractivity contribution in [3.05, 3.63) is 46.8 Å². The zero-order chi connectivity index (χ0) is 20.9. The zero-order valence-electron chi connectivity index (χ0n) is 15.6.